The van der Waals surface area contributed by atoms with Crippen molar-refractivity contribution in [3.8, 4) is 0 Å². The fourth-order valence-corrected chi connectivity index (χ4v) is 5.38. The minimum atomic E-state index is -4.32. The van der Waals surface area contributed by atoms with Crippen molar-refractivity contribution in [2.24, 2.45) is 0 Å². The van der Waals surface area contributed by atoms with Crippen molar-refractivity contribution >= 4 is 33.2 Å². The van der Waals surface area contributed by atoms with E-state index in [1.807, 2.05) is 52.0 Å². The standard InChI is InChI=1S/C29H34N4O6S/c1-21-14-16-23(17-15-21)19-31(22(2)28(35)30-29(3,4)5)27(34)20-32(24-10-9-11-25(18-24)33(36)37)40(38,39)26-12-7-6-8-13-26/h6-18,22H,19-20H2,1-5H3,(H,30,35)/t22-/m0/s1. The number of sulfonamides is 1. The summed E-state index contributed by atoms with van der Waals surface area (Å²) in [4.78, 5) is 39.1. The number of non-ortho nitro benzene ring substituents is 1. The number of nitrogens with zero attached hydrogens (tertiary/aromatic N) is 3. The topological polar surface area (TPSA) is 130 Å². The summed E-state index contributed by atoms with van der Waals surface area (Å²) >= 11 is 0. The van der Waals surface area contributed by atoms with E-state index in [1.165, 1.54) is 35.2 Å². The number of anilines is 1. The molecule has 0 unspecified atom stereocenters. The van der Waals surface area contributed by atoms with Crippen molar-refractivity contribution in [2.45, 2.75) is 57.6 Å². The minimum Gasteiger partial charge on any atom is -0.350 e. The van der Waals surface area contributed by atoms with Crippen LogP contribution in [0.3, 0.4) is 0 Å². The van der Waals surface area contributed by atoms with Crippen molar-refractivity contribution in [2.75, 3.05) is 10.8 Å². The second-order valence-electron chi connectivity index (χ2n) is 10.5. The third-order valence-electron chi connectivity index (χ3n) is 6.08. The molecule has 0 aliphatic carbocycles. The lowest BCUT2D eigenvalue weighted by molar-refractivity contribution is -0.384. The maximum Gasteiger partial charge on any atom is 0.271 e. The van der Waals surface area contributed by atoms with Crippen LogP contribution in [0.4, 0.5) is 11.4 Å². The van der Waals surface area contributed by atoms with Crippen LogP contribution in [-0.2, 0) is 26.2 Å². The number of nitrogens with one attached hydrogen (secondary N) is 1. The van der Waals surface area contributed by atoms with E-state index in [0.29, 0.717) is 0 Å². The molecule has 3 aromatic rings. The van der Waals surface area contributed by atoms with Crippen molar-refractivity contribution < 1.29 is 22.9 Å². The molecule has 11 heteroatoms. The highest BCUT2D eigenvalue weighted by molar-refractivity contribution is 7.92. The molecule has 0 heterocycles. The summed E-state index contributed by atoms with van der Waals surface area (Å²) in [6.07, 6.45) is 0. The lowest BCUT2D eigenvalue weighted by atomic mass is 10.1. The highest BCUT2D eigenvalue weighted by Crippen LogP contribution is 2.27. The van der Waals surface area contributed by atoms with Gasteiger partial charge in [0.2, 0.25) is 11.8 Å². The van der Waals surface area contributed by atoms with Crippen LogP contribution >= 0.6 is 0 Å². The lowest BCUT2D eigenvalue weighted by Gasteiger charge is -2.33. The fraction of sp³-hybridized carbons (Fsp3) is 0.310. The number of benzene rings is 3. The van der Waals surface area contributed by atoms with Gasteiger partial charge in [0.05, 0.1) is 15.5 Å². The zero-order valence-corrected chi connectivity index (χ0v) is 24.0. The molecule has 3 aromatic carbocycles. The van der Waals surface area contributed by atoms with Crippen molar-refractivity contribution in [3.05, 3.63) is 100 Å². The van der Waals surface area contributed by atoms with E-state index in [4.69, 9.17) is 0 Å². The number of hydrogen-bond acceptors (Lipinski definition) is 6. The molecular weight excluding hydrogens is 532 g/mol. The molecule has 1 atom stereocenters. The summed E-state index contributed by atoms with van der Waals surface area (Å²) in [5.74, 6) is -1.05. The van der Waals surface area contributed by atoms with Crippen molar-refractivity contribution in [1.29, 1.82) is 0 Å². The Labute approximate surface area is 234 Å². The zero-order chi connectivity index (χ0) is 29.7. The number of nitro benzene ring substituents is 1. The lowest BCUT2D eigenvalue weighted by Crippen LogP contribution is -2.54. The number of carbonyl (C=O) groups excluding carboxylic acids is 2. The predicted molar refractivity (Wildman–Crippen MR) is 153 cm³/mol. The number of nitro groups is 1. The molecule has 40 heavy (non-hydrogen) atoms. The predicted octanol–water partition coefficient (Wildman–Crippen LogP) is 4.43. The molecule has 10 nitrogen and oxygen atoms in total. The zero-order valence-electron chi connectivity index (χ0n) is 23.2. The Hall–Kier alpha value is -4.25. The molecule has 0 saturated heterocycles. The first-order chi connectivity index (χ1) is 18.7. The third kappa shape index (κ3) is 7.66. The van der Waals surface area contributed by atoms with Crippen LogP contribution < -0.4 is 9.62 Å². The number of carbonyl (C=O) groups is 2. The maximum absolute atomic E-state index is 13.9. The Balaban J connectivity index is 2.06. The summed E-state index contributed by atoms with van der Waals surface area (Å²) in [7, 11) is -4.32. The van der Waals surface area contributed by atoms with Gasteiger partial charge in [-0.05, 0) is 58.4 Å². The van der Waals surface area contributed by atoms with E-state index >= 15 is 0 Å². The molecule has 0 aliphatic rings. The first-order valence-electron chi connectivity index (χ1n) is 12.7. The van der Waals surface area contributed by atoms with Gasteiger partial charge in [0.25, 0.3) is 15.7 Å². The fourth-order valence-electron chi connectivity index (χ4n) is 3.96. The van der Waals surface area contributed by atoms with Gasteiger partial charge in [0, 0.05) is 24.2 Å². The van der Waals surface area contributed by atoms with Gasteiger partial charge in [0.15, 0.2) is 0 Å². The first-order valence-corrected chi connectivity index (χ1v) is 14.1. The van der Waals surface area contributed by atoms with Gasteiger partial charge in [-0.2, -0.15) is 0 Å². The highest BCUT2D eigenvalue weighted by Gasteiger charge is 2.33. The van der Waals surface area contributed by atoms with Gasteiger partial charge in [-0.3, -0.25) is 24.0 Å². The van der Waals surface area contributed by atoms with Crippen molar-refractivity contribution in [1.82, 2.24) is 10.2 Å². The summed E-state index contributed by atoms with van der Waals surface area (Å²) < 4.78 is 28.4. The van der Waals surface area contributed by atoms with E-state index < -0.39 is 44.9 Å². The van der Waals surface area contributed by atoms with Crippen LogP contribution in [0, 0.1) is 17.0 Å². The Morgan fingerprint density at radius 1 is 0.975 bits per heavy atom. The summed E-state index contributed by atoms with van der Waals surface area (Å²) in [6, 6.07) is 19.1. The molecule has 0 aliphatic heterocycles. The van der Waals surface area contributed by atoms with Crippen LogP contribution in [-0.4, -0.2) is 48.2 Å². The average Bonchev–Trinajstić information content (AvgIpc) is 2.90. The Kier molecular flexibility index (Phi) is 9.31. The van der Waals surface area contributed by atoms with Gasteiger partial charge in [-0.1, -0.05) is 54.1 Å². The minimum absolute atomic E-state index is 0.0476. The van der Waals surface area contributed by atoms with E-state index in [-0.39, 0.29) is 22.8 Å². The van der Waals surface area contributed by atoms with E-state index in [9.17, 15) is 28.1 Å². The van der Waals surface area contributed by atoms with Crippen LogP contribution in [0.25, 0.3) is 0 Å². The molecule has 212 valence electrons. The Morgan fingerprint density at radius 3 is 2.17 bits per heavy atom. The van der Waals surface area contributed by atoms with Gasteiger partial charge >= 0.3 is 0 Å². The number of hydrogen-bond donors (Lipinski definition) is 1. The number of amides is 2. The summed E-state index contributed by atoms with van der Waals surface area (Å²) in [5, 5.41) is 14.3. The Bertz CT molecular complexity index is 1470. The van der Waals surface area contributed by atoms with Crippen LogP contribution in [0.1, 0.15) is 38.8 Å². The molecule has 1 N–H and O–H groups in total. The summed E-state index contributed by atoms with van der Waals surface area (Å²) in [6.45, 7) is 8.33. The SMILES string of the molecule is Cc1ccc(CN(C(=O)CN(c2cccc([N+](=O)[O-])c2)S(=O)(=O)c2ccccc2)[C@@H](C)C(=O)NC(C)(C)C)cc1. The second kappa shape index (κ2) is 12.3. The van der Waals surface area contributed by atoms with E-state index in [1.54, 1.807) is 25.1 Å². The Morgan fingerprint density at radius 2 is 1.60 bits per heavy atom. The van der Waals surface area contributed by atoms with E-state index in [2.05, 4.69) is 5.32 Å². The monoisotopic (exact) mass is 566 g/mol. The van der Waals surface area contributed by atoms with Crippen LogP contribution in [0.2, 0.25) is 0 Å². The van der Waals surface area contributed by atoms with Crippen LogP contribution in [0.5, 0.6) is 0 Å². The van der Waals surface area contributed by atoms with Gasteiger partial charge in [-0.25, -0.2) is 8.42 Å². The van der Waals surface area contributed by atoms with Crippen LogP contribution in [0.15, 0.2) is 83.8 Å². The second-order valence-corrected chi connectivity index (χ2v) is 12.4. The first kappa shape index (κ1) is 30.3. The normalized spacial score (nSPS) is 12.3. The highest BCUT2D eigenvalue weighted by atomic mass is 32.2. The van der Waals surface area contributed by atoms with Crippen molar-refractivity contribution in [3.63, 3.8) is 0 Å². The smallest absolute Gasteiger partial charge is 0.271 e. The molecule has 0 radical (unpaired) electrons. The molecule has 2 amide bonds. The number of rotatable bonds is 10. The molecule has 0 fully saturated rings. The molecule has 0 spiro atoms. The molecular formula is C29H34N4O6S. The van der Waals surface area contributed by atoms with Gasteiger partial charge in [0.1, 0.15) is 12.6 Å². The molecule has 0 aromatic heterocycles. The maximum atomic E-state index is 13.9. The van der Waals surface area contributed by atoms with Gasteiger partial charge < -0.3 is 10.2 Å². The number of aryl methyl sites for hydroxylation is 1. The quantitative estimate of drug-likeness (QED) is 0.285. The summed E-state index contributed by atoms with van der Waals surface area (Å²) in [5.41, 5.74) is 0.838. The average molecular weight is 567 g/mol. The molecule has 0 bridgehead atoms. The molecule has 3 rings (SSSR count). The largest absolute Gasteiger partial charge is 0.350 e. The third-order valence-corrected chi connectivity index (χ3v) is 7.87. The van der Waals surface area contributed by atoms with Gasteiger partial charge in [-0.15, -0.1) is 0 Å². The molecule has 0 saturated carbocycles. The van der Waals surface area contributed by atoms with E-state index in [0.717, 1.165) is 21.5 Å².